The van der Waals surface area contributed by atoms with Crippen molar-refractivity contribution in [1.29, 1.82) is 0 Å². The molecular formula is C19H21N3O2S. The lowest BCUT2D eigenvalue weighted by Gasteiger charge is -2.07. The van der Waals surface area contributed by atoms with Gasteiger partial charge in [-0.1, -0.05) is 6.07 Å². The lowest BCUT2D eigenvalue weighted by molar-refractivity contribution is 0.103. The van der Waals surface area contributed by atoms with Crippen LogP contribution in [0.1, 0.15) is 32.1 Å². The van der Waals surface area contributed by atoms with Crippen LogP contribution in [0.5, 0.6) is 5.75 Å². The fraction of sp³-hybridized carbons (Fsp3) is 0.263. The molecule has 0 bridgehead atoms. The second-order valence-corrected chi connectivity index (χ2v) is 7.10. The van der Waals surface area contributed by atoms with E-state index < -0.39 is 0 Å². The molecule has 5 nitrogen and oxygen atoms in total. The highest BCUT2D eigenvalue weighted by Gasteiger charge is 2.12. The van der Waals surface area contributed by atoms with Crippen molar-refractivity contribution in [3.05, 3.63) is 63.1 Å². The van der Waals surface area contributed by atoms with Crippen molar-refractivity contribution in [3.8, 4) is 5.75 Å². The lowest BCUT2D eigenvalue weighted by atomic mass is 10.1. The standard InChI is InChI=1S/C19H21N3O2S/c1-12-5-13(2)7-16(6-12)24-10-15-8-18(25-11-15)19(23)20-17-9-22(4)21-14(17)3/h5-9,11H,10H2,1-4H3,(H,20,23). The number of ether oxygens (including phenoxy) is 1. The minimum Gasteiger partial charge on any atom is -0.489 e. The third-order valence-electron chi connectivity index (χ3n) is 3.74. The number of nitrogens with zero attached hydrogens (tertiary/aromatic N) is 2. The molecule has 0 aliphatic heterocycles. The van der Waals surface area contributed by atoms with Crippen molar-refractivity contribution < 1.29 is 9.53 Å². The summed E-state index contributed by atoms with van der Waals surface area (Å²) in [6, 6.07) is 8.00. The van der Waals surface area contributed by atoms with Crippen LogP contribution in [0.3, 0.4) is 0 Å². The molecule has 0 saturated carbocycles. The van der Waals surface area contributed by atoms with Crippen LogP contribution in [0.4, 0.5) is 5.69 Å². The summed E-state index contributed by atoms with van der Waals surface area (Å²) < 4.78 is 7.53. The molecule has 2 heterocycles. The summed E-state index contributed by atoms with van der Waals surface area (Å²) in [6.07, 6.45) is 1.80. The predicted molar refractivity (Wildman–Crippen MR) is 100 cm³/mol. The number of carbonyl (C=O) groups excluding carboxylic acids is 1. The lowest BCUT2D eigenvalue weighted by Crippen LogP contribution is -2.10. The van der Waals surface area contributed by atoms with Crippen LogP contribution in [-0.2, 0) is 13.7 Å². The Hall–Kier alpha value is -2.60. The van der Waals surface area contributed by atoms with Gasteiger partial charge in [-0.25, -0.2) is 0 Å². The van der Waals surface area contributed by atoms with Crippen molar-refractivity contribution in [3.63, 3.8) is 0 Å². The first-order chi connectivity index (χ1) is 11.9. The zero-order valence-electron chi connectivity index (χ0n) is 14.8. The molecular weight excluding hydrogens is 334 g/mol. The number of benzene rings is 1. The van der Waals surface area contributed by atoms with Gasteiger partial charge in [-0.3, -0.25) is 9.48 Å². The Labute approximate surface area is 151 Å². The van der Waals surface area contributed by atoms with Gasteiger partial charge in [0.15, 0.2) is 0 Å². The van der Waals surface area contributed by atoms with E-state index in [1.165, 1.54) is 22.5 Å². The van der Waals surface area contributed by atoms with Crippen molar-refractivity contribution >= 4 is 22.9 Å². The molecule has 0 aliphatic carbocycles. The molecule has 3 rings (SSSR count). The van der Waals surface area contributed by atoms with Crippen molar-refractivity contribution in [1.82, 2.24) is 9.78 Å². The van der Waals surface area contributed by atoms with E-state index in [-0.39, 0.29) is 5.91 Å². The van der Waals surface area contributed by atoms with E-state index in [9.17, 15) is 4.79 Å². The van der Waals surface area contributed by atoms with E-state index in [4.69, 9.17) is 4.74 Å². The monoisotopic (exact) mass is 355 g/mol. The Morgan fingerprint density at radius 1 is 1.20 bits per heavy atom. The fourth-order valence-electron chi connectivity index (χ4n) is 2.66. The van der Waals surface area contributed by atoms with Gasteiger partial charge in [0.2, 0.25) is 0 Å². The van der Waals surface area contributed by atoms with Crippen LogP contribution in [-0.4, -0.2) is 15.7 Å². The van der Waals surface area contributed by atoms with Crippen LogP contribution in [0, 0.1) is 20.8 Å². The van der Waals surface area contributed by atoms with Gasteiger partial charge >= 0.3 is 0 Å². The maximum atomic E-state index is 12.4. The smallest absolute Gasteiger partial charge is 0.265 e. The van der Waals surface area contributed by atoms with Crippen LogP contribution in [0.2, 0.25) is 0 Å². The van der Waals surface area contributed by atoms with Crippen LogP contribution in [0.15, 0.2) is 35.8 Å². The topological polar surface area (TPSA) is 56.1 Å². The molecule has 0 aliphatic rings. The Morgan fingerprint density at radius 3 is 2.56 bits per heavy atom. The Kier molecular flexibility index (Phi) is 4.90. The number of aromatic nitrogens is 2. The van der Waals surface area contributed by atoms with Gasteiger partial charge in [0, 0.05) is 18.8 Å². The number of aryl methyl sites for hydroxylation is 4. The number of anilines is 1. The SMILES string of the molecule is Cc1cc(C)cc(OCc2csc(C(=O)Nc3cn(C)nc3C)c2)c1. The largest absolute Gasteiger partial charge is 0.489 e. The zero-order valence-corrected chi connectivity index (χ0v) is 15.6. The first kappa shape index (κ1) is 17.2. The highest BCUT2D eigenvalue weighted by molar-refractivity contribution is 7.12. The Bertz CT molecular complexity index is 891. The van der Waals surface area contributed by atoms with Crippen molar-refractivity contribution in [2.45, 2.75) is 27.4 Å². The molecule has 3 aromatic rings. The Morgan fingerprint density at radius 2 is 1.92 bits per heavy atom. The molecule has 0 unspecified atom stereocenters. The van der Waals surface area contributed by atoms with E-state index in [0.717, 1.165) is 22.7 Å². The van der Waals surface area contributed by atoms with E-state index in [2.05, 4.69) is 16.5 Å². The van der Waals surface area contributed by atoms with Crippen LogP contribution in [0.25, 0.3) is 0 Å². The average molecular weight is 355 g/mol. The molecule has 0 spiro atoms. The molecule has 1 N–H and O–H groups in total. The zero-order chi connectivity index (χ0) is 18.0. The summed E-state index contributed by atoms with van der Waals surface area (Å²) in [5.41, 5.74) is 4.86. The number of hydrogen-bond acceptors (Lipinski definition) is 4. The second kappa shape index (κ2) is 7.11. The molecule has 0 radical (unpaired) electrons. The van der Waals surface area contributed by atoms with Crippen molar-refractivity contribution in [2.24, 2.45) is 7.05 Å². The van der Waals surface area contributed by atoms with E-state index in [1.807, 2.05) is 51.4 Å². The van der Waals surface area contributed by atoms with Gasteiger partial charge < -0.3 is 10.1 Å². The quantitative estimate of drug-likeness (QED) is 0.745. The van der Waals surface area contributed by atoms with Crippen molar-refractivity contribution in [2.75, 3.05) is 5.32 Å². The third-order valence-corrected chi connectivity index (χ3v) is 4.72. The van der Waals surface area contributed by atoms with E-state index in [1.54, 1.807) is 10.9 Å². The number of rotatable bonds is 5. The molecule has 1 aromatic carbocycles. The number of nitrogens with one attached hydrogen (secondary N) is 1. The molecule has 1 amide bonds. The summed E-state index contributed by atoms with van der Waals surface area (Å²) in [7, 11) is 1.83. The maximum Gasteiger partial charge on any atom is 0.265 e. The number of thiophene rings is 1. The van der Waals surface area contributed by atoms with Gasteiger partial charge in [-0.15, -0.1) is 11.3 Å². The minimum atomic E-state index is -0.126. The summed E-state index contributed by atoms with van der Waals surface area (Å²) in [5.74, 6) is 0.722. The summed E-state index contributed by atoms with van der Waals surface area (Å²) in [4.78, 5) is 13.0. The fourth-order valence-corrected chi connectivity index (χ4v) is 3.45. The average Bonchev–Trinajstić information content (AvgIpc) is 3.11. The minimum absolute atomic E-state index is 0.126. The van der Waals surface area contributed by atoms with Crippen LogP contribution < -0.4 is 10.1 Å². The normalized spacial score (nSPS) is 10.7. The Balaban J connectivity index is 1.63. The molecule has 25 heavy (non-hydrogen) atoms. The highest BCUT2D eigenvalue weighted by atomic mass is 32.1. The van der Waals surface area contributed by atoms with Crippen LogP contribution >= 0.6 is 11.3 Å². The molecule has 6 heteroatoms. The molecule has 130 valence electrons. The molecule has 0 saturated heterocycles. The second-order valence-electron chi connectivity index (χ2n) is 6.19. The summed E-state index contributed by atoms with van der Waals surface area (Å²) in [5, 5.41) is 9.07. The highest BCUT2D eigenvalue weighted by Crippen LogP contribution is 2.21. The third kappa shape index (κ3) is 4.28. The van der Waals surface area contributed by atoms with Gasteiger partial charge in [0.1, 0.15) is 12.4 Å². The van der Waals surface area contributed by atoms with Gasteiger partial charge in [-0.2, -0.15) is 5.10 Å². The van der Waals surface area contributed by atoms with Gasteiger partial charge in [0.25, 0.3) is 5.91 Å². The molecule has 2 aromatic heterocycles. The predicted octanol–water partition coefficient (Wildman–Crippen LogP) is 4.24. The van der Waals surface area contributed by atoms with Gasteiger partial charge in [-0.05, 0) is 55.5 Å². The van der Waals surface area contributed by atoms with Gasteiger partial charge in [0.05, 0.1) is 16.3 Å². The summed E-state index contributed by atoms with van der Waals surface area (Å²) in [6.45, 7) is 6.41. The maximum absolute atomic E-state index is 12.4. The molecule has 0 atom stereocenters. The number of carbonyl (C=O) groups is 1. The number of hydrogen-bond donors (Lipinski definition) is 1. The molecule has 0 fully saturated rings. The first-order valence-corrected chi connectivity index (χ1v) is 8.89. The van der Waals surface area contributed by atoms with E-state index in [0.29, 0.717) is 11.5 Å². The van der Waals surface area contributed by atoms with E-state index >= 15 is 0 Å². The first-order valence-electron chi connectivity index (χ1n) is 8.01. The summed E-state index contributed by atoms with van der Waals surface area (Å²) >= 11 is 1.41. The number of amides is 1.